The molecular weight excluding hydrogens is 320 g/mol. The highest BCUT2D eigenvalue weighted by Gasteiger charge is 2.41. The van der Waals surface area contributed by atoms with Gasteiger partial charge in [0.1, 0.15) is 0 Å². The van der Waals surface area contributed by atoms with Crippen LogP contribution in [-0.2, 0) is 40.5 Å². The summed E-state index contributed by atoms with van der Waals surface area (Å²) in [6.07, 6.45) is -6.17. The van der Waals surface area contributed by atoms with Crippen molar-refractivity contribution in [2.45, 2.75) is 37.7 Å². The molecule has 0 heterocycles. The number of rotatable bonds is 12. The van der Waals surface area contributed by atoms with Crippen LogP contribution in [-0.4, -0.2) is 56.6 Å². The fraction of sp³-hybridized carbons (Fsp3) is 0.562. The van der Waals surface area contributed by atoms with Crippen molar-refractivity contribution in [2.24, 2.45) is 0 Å². The molecule has 0 radical (unpaired) electrons. The molecule has 8 nitrogen and oxygen atoms in total. The number of ketones is 1. The van der Waals surface area contributed by atoms with Gasteiger partial charge < -0.3 is 5.11 Å². The minimum atomic E-state index is -1.41. The zero-order valence-electron chi connectivity index (χ0n) is 15.1. The van der Waals surface area contributed by atoms with Crippen molar-refractivity contribution in [1.29, 1.82) is 0 Å². The Hall–Kier alpha value is -1.39. The molecule has 0 amide bonds. The molecule has 1 N–H and O–H groups in total. The number of aliphatic hydroxyl groups is 1. The molecule has 0 aliphatic rings. The lowest BCUT2D eigenvalue weighted by Gasteiger charge is -2.30. The highest BCUT2D eigenvalue weighted by atomic mass is 17.2. The van der Waals surface area contributed by atoms with E-state index < -0.39 is 36.6 Å². The summed E-state index contributed by atoms with van der Waals surface area (Å²) < 4.78 is 8.19. The van der Waals surface area contributed by atoms with Crippen LogP contribution in [0.25, 0.3) is 0 Å². The van der Waals surface area contributed by atoms with E-state index in [-0.39, 0.29) is 0 Å². The lowest BCUT2D eigenvalue weighted by atomic mass is 9.97. The summed E-state index contributed by atoms with van der Waals surface area (Å²) in [6, 6.07) is 8.49. The Morgan fingerprint density at radius 1 is 1.04 bits per heavy atom. The van der Waals surface area contributed by atoms with Gasteiger partial charge in [0.15, 0.2) is 24.1 Å². The Bertz CT molecular complexity index is 498. The molecule has 0 aliphatic heterocycles. The van der Waals surface area contributed by atoms with Crippen molar-refractivity contribution in [1.82, 2.24) is 0 Å². The topological polar surface area (TPSA) is 92.7 Å². The van der Waals surface area contributed by atoms with Gasteiger partial charge in [-0.2, -0.15) is 0 Å². The Balaban J connectivity index is 3.12. The molecule has 0 saturated carbocycles. The zero-order chi connectivity index (χ0) is 18.8. The van der Waals surface area contributed by atoms with Crippen LogP contribution in [0.5, 0.6) is 0 Å². The number of benzene rings is 1. The van der Waals surface area contributed by atoms with Crippen LogP contribution in [0.3, 0.4) is 0 Å². The number of hydrogen-bond acceptors (Lipinski definition) is 8. The van der Waals surface area contributed by atoms with E-state index in [1.165, 1.54) is 28.3 Å². The SMILES string of the molecule is [2H]C(C(=O)[C@@H](OOC)[C@H](OOC)[C@H](OOC)[C@@H](C)O)c1ccccc1. The maximum Gasteiger partial charge on any atom is 0.183 e. The van der Waals surface area contributed by atoms with Gasteiger partial charge in [-0.05, 0) is 12.5 Å². The molecule has 24 heavy (non-hydrogen) atoms. The number of Topliss-reactive ketones (excluding diaryl/α,β-unsaturated/α-hetero) is 1. The minimum absolute atomic E-state index is 0.467. The first-order valence-corrected chi connectivity index (χ1v) is 7.25. The van der Waals surface area contributed by atoms with Gasteiger partial charge in [0.05, 0.1) is 27.4 Å². The normalized spacial score (nSPS) is 18.3. The number of aliphatic hydroxyl groups excluding tert-OH is 1. The largest absolute Gasteiger partial charge is 0.390 e. The molecule has 5 atom stereocenters. The molecule has 0 aliphatic carbocycles. The van der Waals surface area contributed by atoms with E-state index in [1.54, 1.807) is 30.3 Å². The van der Waals surface area contributed by atoms with E-state index in [0.717, 1.165) is 0 Å². The van der Waals surface area contributed by atoms with E-state index >= 15 is 0 Å². The summed E-state index contributed by atoms with van der Waals surface area (Å²) in [4.78, 5) is 41.7. The molecule has 0 aromatic heterocycles. The van der Waals surface area contributed by atoms with E-state index in [0.29, 0.717) is 5.56 Å². The summed E-state index contributed by atoms with van der Waals surface area (Å²) >= 11 is 0. The van der Waals surface area contributed by atoms with Crippen LogP contribution in [0.15, 0.2) is 30.3 Å². The van der Waals surface area contributed by atoms with Crippen LogP contribution in [0, 0.1) is 0 Å². The summed E-state index contributed by atoms with van der Waals surface area (Å²) in [5.74, 6) is -0.666. The number of carbonyl (C=O) groups is 1. The second-order valence-corrected chi connectivity index (χ2v) is 4.84. The van der Waals surface area contributed by atoms with Crippen LogP contribution >= 0.6 is 0 Å². The van der Waals surface area contributed by atoms with Crippen molar-refractivity contribution in [2.75, 3.05) is 21.3 Å². The predicted octanol–water partition coefficient (Wildman–Crippen LogP) is 1.02. The average molecular weight is 345 g/mol. The van der Waals surface area contributed by atoms with Crippen molar-refractivity contribution < 1.29 is 40.6 Å². The summed E-state index contributed by atoms with van der Waals surface area (Å²) in [5, 5.41) is 9.90. The second-order valence-electron chi connectivity index (χ2n) is 4.84. The van der Waals surface area contributed by atoms with Crippen molar-refractivity contribution in [3.05, 3.63) is 35.9 Å². The Labute approximate surface area is 142 Å². The monoisotopic (exact) mass is 345 g/mol. The Morgan fingerprint density at radius 3 is 2.08 bits per heavy atom. The smallest absolute Gasteiger partial charge is 0.183 e. The van der Waals surface area contributed by atoms with Gasteiger partial charge in [0, 0.05) is 7.77 Å². The van der Waals surface area contributed by atoms with Gasteiger partial charge in [-0.25, -0.2) is 29.3 Å². The fourth-order valence-corrected chi connectivity index (χ4v) is 2.07. The van der Waals surface area contributed by atoms with Gasteiger partial charge in [0.25, 0.3) is 0 Å². The number of carbonyl (C=O) groups excluding carboxylic acids is 1. The van der Waals surface area contributed by atoms with E-state index in [9.17, 15) is 9.90 Å². The first-order valence-electron chi connectivity index (χ1n) is 7.83. The maximum absolute atomic E-state index is 12.8. The summed E-state index contributed by atoms with van der Waals surface area (Å²) in [6.45, 7) is 1.42. The van der Waals surface area contributed by atoms with Crippen molar-refractivity contribution in [3.8, 4) is 0 Å². The lowest BCUT2D eigenvalue weighted by molar-refractivity contribution is -0.415. The Morgan fingerprint density at radius 2 is 1.58 bits per heavy atom. The molecule has 0 bridgehead atoms. The molecule has 8 heteroatoms. The first kappa shape index (κ1) is 18.9. The van der Waals surface area contributed by atoms with Gasteiger partial charge in [0.2, 0.25) is 0 Å². The van der Waals surface area contributed by atoms with Crippen molar-refractivity contribution >= 4 is 5.78 Å². The molecule has 1 aromatic rings. The Kier molecular flexibility index (Phi) is 8.85. The average Bonchev–Trinajstić information content (AvgIpc) is 2.62. The molecule has 136 valence electrons. The third kappa shape index (κ3) is 6.25. The molecule has 1 unspecified atom stereocenters. The minimum Gasteiger partial charge on any atom is -0.390 e. The van der Waals surface area contributed by atoms with Gasteiger partial charge in [-0.1, -0.05) is 30.3 Å². The molecule has 1 aromatic carbocycles. The third-order valence-corrected chi connectivity index (χ3v) is 3.10. The fourth-order valence-electron chi connectivity index (χ4n) is 2.07. The predicted molar refractivity (Wildman–Crippen MR) is 82.5 cm³/mol. The molecular formula is C16H24O8. The highest BCUT2D eigenvalue weighted by Crippen LogP contribution is 2.19. The van der Waals surface area contributed by atoms with E-state index in [2.05, 4.69) is 14.7 Å². The maximum atomic E-state index is 12.8. The van der Waals surface area contributed by atoms with Crippen LogP contribution in [0.2, 0.25) is 0 Å². The second kappa shape index (κ2) is 11.2. The van der Waals surface area contributed by atoms with Gasteiger partial charge in [-0.3, -0.25) is 4.79 Å². The van der Waals surface area contributed by atoms with Crippen molar-refractivity contribution in [3.63, 3.8) is 0 Å². The van der Waals surface area contributed by atoms with Gasteiger partial charge >= 0.3 is 0 Å². The van der Waals surface area contributed by atoms with Crippen LogP contribution in [0.1, 0.15) is 13.9 Å². The summed E-state index contributed by atoms with van der Waals surface area (Å²) in [7, 11) is 3.67. The molecule has 0 spiro atoms. The van der Waals surface area contributed by atoms with Crippen LogP contribution in [0.4, 0.5) is 0 Å². The highest BCUT2D eigenvalue weighted by molar-refractivity contribution is 5.85. The first-order chi connectivity index (χ1) is 12.0. The molecule has 0 saturated heterocycles. The number of hydrogen-bond donors (Lipinski definition) is 1. The molecule has 1 rings (SSSR count). The lowest BCUT2D eigenvalue weighted by Crippen LogP contribution is -2.51. The standard InChI is InChI=1S/C16H24O8/c1-11(17)14(22-19-2)16(24-21-4)15(23-20-3)13(18)10-12-8-6-5-7-9-12/h5-9,11,14-17H,10H2,1-4H3/t11-,14-,15-,16-/m1/s1/i10D/t10?,11-,14-,15-,16-. The van der Waals surface area contributed by atoms with E-state index in [1.807, 2.05) is 0 Å². The third-order valence-electron chi connectivity index (χ3n) is 3.10. The van der Waals surface area contributed by atoms with E-state index in [4.69, 9.17) is 16.0 Å². The zero-order valence-corrected chi connectivity index (χ0v) is 14.1. The molecule has 0 fully saturated rings. The van der Waals surface area contributed by atoms with Crippen LogP contribution < -0.4 is 0 Å². The quantitative estimate of drug-likeness (QED) is 0.443. The summed E-state index contributed by atoms with van der Waals surface area (Å²) in [5.41, 5.74) is 0.467. The van der Waals surface area contributed by atoms with Gasteiger partial charge in [-0.15, -0.1) is 0 Å².